The highest BCUT2D eigenvalue weighted by molar-refractivity contribution is 6.02. The van der Waals surface area contributed by atoms with E-state index in [4.69, 9.17) is 9.15 Å². The van der Waals surface area contributed by atoms with Gasteiger partial charge in [-0.05, 0) is 25.8 Å². The van der Waals surface area contributed by atoms with Crippen LogP contribution in [-0.4, -0.2) is 18.4 Å². The number of ketones is 1. The lowest BCUT2D eigenvalue weighted by Gasteiger charge is -2.02. The third-order valence-electron chi connectivity index (χ3n) is 2.69. The molecule has 0 aliphatic heterocycles. The Bertz CT molecular complexity index is 468. The summed E-state index contributed by atoms with van der Waals surface area (Å²) in [6.45, 7) is 2.10. The summed E-state index contributed by atoms with van der Waals surface area (Å²) in [5.41, 5.74) is 1.31. The van der Waals surface area contributed by atoms with Gasteiger partial charge in [0.1, 0.15) is 5.76 Å². The number of allylic oxidation sites excluding steroid dienone is 1. The zero-order valence-corrected chi connectivity index (χ0v) is 9.69. The fourth-order valence-electron chi connectivity index (χ4n) is 1.93. The van der Waals surface area contributed by atoms with E-state index in [-0.39, 0.29) is 11.8 Å². The van der Waals surface area contributed by atoms with Crippen LogP contribution in [0.4, 0.5) is 0 Å². The second-order valence-electron chi connectivity index (χ2n) is 3.86. The third-order valence-corrected chi connectivity index (χ3v) is 2.69. The van der Waals surface area contributed by atoms with Gasteiger partial charge in [-0.1, -0.05) is 0 Å². The molecule has 1 aliphatic carbocycles. The minimum absolute atomic E-state index is 0.0704. The molecule has 1 heterocycles. The Hall–Kier alpha value is -1.84. The first-order valence-corrected chi connectivity index (χ1v) is 5.70. The topological polar surface area (TPSA) is 56.5 Å². The second kappa shape index (κ2) is 4.99. The van der Waals surface area contributed by atoms with Crippen molar-refractivity contribution >= 4 is 17.3 Å². The molecule has 0 bridgehead atoms. The third kappa shape index (κ3) is 2.46. The molecule has 17 heavy (non-hydrogen) atoms. The van der Waals surface area contributed by atoms with Crippen LogP contribution in [0.3, 0.4) is 0 Å². The van der Waals surface area contributed by atoms with E-state index >= 15 is 0 Å². The summed E-state index contributed by atoms with van der Waals surface area (Å²) in [5, 5.41) is 0. The van der Waals surface area contributed by atoms with Gasteiger partial charge in [-0.3, -0.25) is 4.79 Å². The summed E-state index contributed by atoms with van der Waals surface area (Å²) in [4.78, 5) is 23.1. The summed E-state index contributed by atoms with van der Waals surface area (Å²) in [6.07, 6.45) is 4.78. The van der Waals surface area contributed by atoms with E-state index in [1.165, 1.54) is 12.3 Å². The molecule has 0 saturated heterocycles. The minimum atomic E-state index is -0.390. The van der Waals surface area contributed by atoms with E-state index in [1.54, 1.807) is 13.0 Å². The van der Waals surface area contributed by atoms with E-state index in [1.807, 2.05) is 0 Å². The summed E-state index contributed by atoms with van der Waals surface area (Å²) in [6, 6.07) is 1.65. The maximum Gasteiger partial charge on any atom is 0.331 e. The zero-order valence-electron chi connectivity index (χ0n) is 9.69. The SMILES string of the molecule is CCOC(=O)/C=C1\CCCC(=O)c2ccoc21. The van der Waals surface area contributed by atoms with Gasteiger partial charge in [0.2, 0.25) is 0 Å². The Balaban J connectivity index is 2.33. The molecule has 0 amide bonds. The number of furan rings is 1. The van der Waals surface area contributed by atoms with Crippen molar-refractivity contribution in [3.8, 4) is 0 Å². The van der Waals surface area contributed by atoms with E-state index in [0.29, 0.717) is 30.8 Å². The molecule has 1 aromatic heterocycles. The van der Waals surface area contributed by atoms with Crippen LogP contribution in [0.1, 0.15) is 42.3 Å². The van der Waals surface area contributed by atoms with Crippen LogP contribution < -0.4 is 0 Å². The fraction of sp³-hybridized carbons (Fsp3) is 0.385. The molecule has 4 nitrogen and oxygen atoms in total. The molecule has 2 rings (SSSR count). The molecule has 1 aliphatic rings. The largest absolute Gasteiger partial charge is 0.464 e. The van der Waals surface area contributed by atoms with Crippen LogP contribution >= 0.6 is 0 Å². The number of ether oxygens (including phenoxy) is 1. The van der Waals surface area contributed by atoms with Crippen molar-refractivity contribution < 1.29 is 18.7 Å². The lowest BCUT2D eigenvalue weighted by molar-refractivity contribution is -0.137. The first-order chi connectivity index (χ1) is 8.22. The number of carbonyl (C=O) groups excluding carboxylic acids is 2. The van der Waals surface area contributed by atoms with E-state index in [2.05, 4.69) is 0 Å². The lowest BCUT2D eigenvalue weighted by atomic mass is 10.1. The lowest BCUT2D eigenvalue weighted by Crippen LogP contribution is -2.01. The zero-order chi connectivity index (χ0) is 12.3. The Morgan fingerprint density at radius 2 is 2.35 bits per heavy atom. The van der Waals surface area contributed by atoms with Crippen molar-refractivity contribution in [2.75, 3.05) is 6.61 Å². The van der Waals surface area contributed by atoms with Crippen LogP contribution in [0.15, 0.2) is 22.8 Å². The number of fused-ring (bicyclic) bond motifs is 1. The van der Waals surface area contributed by atoms with Gasteiger partial charge in [-0.15, -0.1) is 0 Å². The van der Waals surface area contributed by atoms with E-state index < -0.39 is 0 Å². The molecule has 0 N–H and O–H groups in total. The summed E-state index contributed by atoms with van der Waals surface area (Å²) >= 11 is 0. The quantitative estimate of drug-likeness (QED) is 0.448. The normalized spacial score (nSPS) is 17.7. The second-order valence-corrected chi connectivity index (χ2v) is 3.86. The van der Waals surface area contributed by atoms with Crippen molar-refractivity contribution in [2.45, 2.75) is 26.2 Å². The first kappa shape index (κ1) is 11.6. The van der Waals surface area contributed by atoms with Crippen molar-refractivity contribution in [3.05, 3.63) is 29.7 Å². The molecule has 0 fully saturated rings. The maximum atomic E-state index is 11.7. The van der Waals surface area contributed by atoms with Gasteiger partial charge >= 0.3 is 5.97 Å². The standard InChI is InChI=1S/C13H14O4/c1-2-16-12(15)8-9-4-3-5-11(14)10-6-7-17-13(9)10/h6-8H,2-5H2,1H3/b9-8+. The van der Waals surface area contributed by atoms with Gasteiger partial charge in [0.05, 0.1) is 18.4 Å². The summed E-state index contributed by atoms with van der Waals surface area (Å²) < 4.78 is 10.2. The summed E-state index contributed by atoms with van der Waals surface area (Å²) in [7, 11) is 0. The Labute approximate surface area is 99.3 Å². The van der Waals surface area contributed by atoms with Gasteiger partial charge in [0.15, 0.2) is 5.78 Å². The molecule has 0 aromatic carbocycles. The molecule has 1 aromatic rings. The van der Waals surface area contributed by atoms with Crippen LogP contribution in [0, 0.1) is 0 Å². The van der Waals surface area contributed by atoms with Crippen LogP contribution in [-0.2, 0) is 9.53 Å². The minimum Gasteiger partial charge on any atom is -0.464 e. The van der Waals surface area contributed by atoms with Crippen LogP contribution in [0.5, 0.6) is 0 Å². The highest BCUT2D eigenvalue weighted by atomic mass is 16.5. The van der Waals surface area contributed by atoms with E-state index in [9.17, 15) is 9.59 Å². The van der Waals surface area contributed by atoms with Crippen molar-refractivity contribution in [2.24, 2.45) is 0 Å². The highest BCUT2D eigenvalue weighted by Crippen LogP contribution is 2.30. The molecule has 0 saturated carbocycles. The fourth-order valence-corrected chi connectivity index (χ4v) is 1.93. The predicted octanol–water partition coefficient (Wildman–Crippen LogP) is 2.59. The average Bonchev–Trinajstić information content (AvgIpc) is 2.72. The number of esters is 1. The molecule has 0 atom stereocenters. The van der Waals surface area contributed by atoms with Crippen molar-refractivity contribution in [1.82, 2.24) is 0 Å². The first-order valence-electron chi connectivity index (χ1n) is 5.70. The molecular weight excluding hydrogens is 220 g/mol. The molecule has 0 unspecified atom stereocenters. The number of carbonyl (C=O) groups is 2. The van der Waals surface area contributed by atoms with Crippen LogP contribution in [0.2, 0.25) is 0 Å². The summed E-state index contributed by atoms with van der Waals surface area (Å²) in [5.74, 6) is 0.195. The Morgan fingerprint density at radius 3 is 3.12 bits per heavy atom. The average molecular weight is 234 g/mol. The molecule has 0 spiro atoms. The van der Waals surface area contributed by atoms with Gasteiger partial charge < -0.3 is 9.15 Å². The number of hydrogen-bond acceptors (Lipinski definition) is 4. The van der Waals surface area contributed by atoms with Crippen molar-refractivity contribution in [3.63, 3.8) is 0 Å². The Kier molecular flexibility index (Phi) is 3.42. The van der Waals surface area contributed by atoms with Gasteiger partial charge in [0.25, 0.3) is 0 Å². The Morgan fingerprint density at radius 1 is 1.53 bits per heavy atom. The smallest absolute Gasteiger partial charge is 0.331 e. The van der Waals surface area contributed by atoms with Gasteiger partial charge in [-0.2, -0.15) is 0 Å². The molecular formula is C13H14O4. The van der Waals surface area contributed by atoms with E-state index in [0.717, 1.165) is 12.0 Å². The van der Waals surface area contributed by atoms with Gasteiger partial charge in [0, 0.05) is 18.1 Å². The molecule has 4 heteroatoms. The molecule has 0 radical (unpaired) electrons. The predicted molar refractivity (Wildman–Crippen MR) is 61.5 cm³/mol. The number of hydrogen-bond donors (Lipinski definition) is 0. The highest BCUT2D eigenvalue weighted by Gasteiger charge is 2.22. The monoisotopic (exact) mass is 234 g/mol. The number of Topliss-reactive ketones (excluding diaryl/α,β-unsaturated/α-hetero) is 1. The van der Waals surface area contributed by atoms with Gasteiger partial charge in [-0.25, -0.2) is 4.79 Å². The number of rotatable bonds is 2. The molecule has 90 valence electrons. The van der Waals surface area contributed by atoms with Crippen LogP contribution in [0.25, 0.3) is 5.57 Å². The maximum absolute atomic E-state index is 11.7. The van der Waals surface area contributed by atoms with Crippen molar-refractivity contribution in [1.29, 1.82) is 0 Å².